The Hall–Kier alpha value is -1.11. The number of thiophene rings is 1. The maximum atomic E-state index is 6.00. The number of benzene rings is 1. The standard InChI is InChI=1S/C18H23ClN2O2S/c1-22-15-4-2-14(3-5-15)17(21-8-10-23-11-9-21)13-20-12-16-6-7-18(19)24-16/h2-7,17,20H,8-13H2,1H3. The SMILES string of the molecule is COc1ccc(C(CNCc2ccc(Cl)s2)N2CCOCC2)cc1. The van der Waals surface area contributed by atoms with Crippen LogP contribution in [-0.4, -0.2) is 44.9 Å². The highest BCUT2D eigenvalue weighted by Gasteiger charge is 2.22. The summed E-state index contributed by atoms with van der Waals surface area (Å²) in [5.74, 6) is 0.890. The van der Waals surface area contributed by atoms with Gasteiger partial charge >= 0.3 is 0 Å². The molecule has 1 aromatic heterocycles. The number of morpholine rings is 1. The molecule has 3 rings (SSSR count). The van der Waals surface area contributed by atoms with Crippen molar-refractivity contribution in [3.05, 3.63) is 51.2 Å². The van der Waals surface area contributed by atoms with E-state index in [2.05, 4.69) is 28.4 Å². The molecule has 1 aliphatic heterocycles. The molecule has 6 heteroatoms. The zero-order chi connectivity index (χ0) is 16.8. The van der Waals surface area contributed by atoms with Crippen LogP contribution in [-0.2, 0) is 11.3 Å². The lowest BCUT2D eigenvalue weighted by molar-refractivity contribution is 0.0161. The first-order valence-electron chi connectivity index (χ1n) is 8.17. The minimum Gasteiger partial charge on any atom is -0.497 e. The molecule has 1 unspecified atom stereocenters. The van der Waals surface area contributed by atoms with E-state index in [0.29, 0.717) is 6.04 Å². The summed E-state index contributed by atoms with van der Waals surface area (Å²) in [5, 5.41) is 3.58. The van der Waals surface area contributed by atoms with Crippen LogP contribution in [0.1, 0.15) is 16.5 Å². The summed E-state index contributed by atoms with van der Waals surface area (Å²) in [7, 11) is 1.70. The van der Waals surface area contributed by atoms with E-state index in [1.54, 1.807) is 18.4 Å². The Morgan fingerprint density at radius 1 is 1.21 bits per heavy atom. The normalized spacial score (nSPS) is 16.9. The lowest BCUT2D eigenvalue weighted by atomic mass is 10.0. The van der Waals surface area contributed by atoms with Gasteiger partial charge in [0.1, 0.15) is 5.75 Å². The van der Waals surface area contributed by atoms with Crippen LogP contribution in [0.3, 0.4) is 0 Å². The Bertz CT molecular complexity index is 626. The molecule has 24 heavy (non-hydrogen) atoms. The van der Waals surface area contributed by atoms with Gasteiger partial charge in [-0.25, -0.2) is 0 Å². The quantitative estimate of drug-likeness (QED) is 0.812. The summed E-state index contributed by atoms with van der Waals surface area (Å²) in [5.41, 5.74) is 1.30. The Balaban J connectivity index is 1.66. The van der Waals surface area contributed by atoms with Gasteiger partial charge in [-0.2, -0.15) is 0 Å². The molecule has 130 valence electrons. The minimum absolute atomic E-state index is 0.329. The van der Waals surface area contributed by atoms with Gasteiger partial charge in [0.05, 0.1) is 24.7 Å². The Morgan fingerprint density at radius 3 is 2.58 bits per heavy atom. The van der Waals surface area contributed by atoms with Crippen molar-refractivity contribution in [1.29, 1.82) is 0 Å². The lowest BCUT2D eigenvalue weighted by Gasteiger charge is -2.35. The maximum absolute atomic E-state index is 6.00. The molecule has 4 nitrogen and oxygen atoms in total. The third-order valence-corrected chi connectivity index (χ3v) is 5.48. The van der Waals surface area contributed by atoms with E-state index < -0.39 is 0 Å². The first kappa shape index (κ1) is 17.7. The third-order valence-electron chi connectivity index (χ3n) is 4.25. The van der Waals surface area contributed by atoms with Crippen molar-refractivity contribution in [2.45, 2.75) is 12.6 Å². The number of rotatable bonds is 7. The van der Waals surface area contributed by atoms with E-state index in [0.717, 1.165) is 49.5 Å². The number of nitrogens with one attached hydrogen (secondary N) is 1. The summed E-state index contributed by atoms with van der Waals surface area (Å²) >= 11 is 7.63. The van der Waals surface area contributed by atoms with Crippen LogP contribution in [0.2, 0.25) is 4.34 Å². The number of hydrogen-bond acceptors (Lipinski definition) is 5. The number of halogens is 1. The zero-order valence-corrected chi connectivity index (χ0v) is 15.4. The van der Waals surface area contributed by atoms with Gasteiger partial charge in [-0.1, -0.05) is 23.7 Å². The summed E-state index contributed by atoms with van der Waals surface area (Å²) in [6, 6.07) is 12.7. The van der Waals surface area contributed by atoms with E-state index in [4.69, 9.17) is 21.1 Å². The predicted octanol–water partition coefficient (Wildman–Crippen LogP) is 3.57. The molecule has 1 aliphatic rings. The first-order valence-corrected chi connectivity index (χ1v) is 9.36. The average Bonchev–Trinajstić information content (AvgIpc) is 3.05. The molecule has 0 saturated carbocycles. The molecular weight excluding hydrogens is 344 g/mol. The molecule has 1 aromatic carbocycles. The number of ether oxygens (including phenoxy) is 2. The van der Waals surface area contributed by atoms with E-state index in [-0.39, 0.29) is 0 Å². The maximum Gasteiger partial charge on any atom is 0.118 e. The van der Waals surface area contributed by atoms with E-state index >= 15 is 0 Å². The fourth-order valence-corrected chi connectivity index (χ4v) is 4.01. The van der Waals surface area contributed by atoms with Gasteiger partial charge in [-0.05, 0) is 29.8 Å². The van der Waals surface area contributed by atoms with Crippen molar-refractivity contribution in [3.8, 4) is 5.75 Å². The number of methoxy groups -OCH3 is 1. The Morgan fingerprint density at radius 2 is 1.96 bits per heavy atom. The Labute approximate surface area is 152 Å². The van der Waals surface area contributed by atoms with Crippen LogP contribution in [0.5, 0.6) is 5.75 Å². The molecule has 1 N–H and O–H groups in total. The van der Waals surface area contributed by atoms with E-state index in [1.165, 1.54) is 10.4 Å². The van der Waals surface area contributed by atoms with Gasteiger partial charge < -0.3 is 14.8 Å². The van der Waals surface area contributed by atoms with Gasteiger partial charge in [0.2, 0.25) is 0 Å². The fourth-order valence-electron chi connectivity index (χ4n) is 2.95. The number of nitrogens with zero attached hydrogens (tertiary/aromatic N) is 1. The third kappa shape index (κ3) is 4.71. The van der Waals surface area contributed by atoms with Crippen LogP contribution < -0.4 is 10.1 Å². The van der Waals surface area contributed by atoms with Crippen molar-refractivity contribution in [1.82, 2.24) is 10.2 Å². The fraction of sp³-hybridized carbons (Fsp3) is 0.444. The van der Waals surface area contributed by atoms with Gasteiger partial charge in [-0.3, -0.25) is 4.90 Å². The highest BCUT2D eigenvalue weighted by atomic mass is 35.5. The molecule has 1 fully saturated rings. The Kier molecular flexibility index (Phi) is 6.51. The van der Waals surface area contributed by atoms with Crippen LogP contribution in [0.4, 0.5) is 0 Å². The molecule has 1 atom stereocenters. The molecule has 2 heterocycles. The van der Waals surface area contributed by atoms with Crippen molar-refractivity contribution in [2.24, 2.45) is 0 Å². The monoisotopic (exact) mass is 366 g/mol. The van der Waals surface area contributed by atoms with Gasteiger partial charge in [0, 0.05) is 37.1 Å². The van der Waals surface area contributed by atoms with Gasteiger partial charge in [0.15, 0.2) is 0 Å². The highest BCUT2D eigenvalue weighted by molar-refractivity contribution is 7.16. The highest BCUT2D eigenvalue weighted by Crippen LogP contribution is 2.25. The van der Waals surface area contributed by atoms with Crippen molar-refractivity contribution < 1.29 is 9.47 Å². The molecule has 0 radical (unpaired) electrons. The molecule has 0 aliphatic carbocycles. The van der Waals surface area contributed by atoms with E-state index in [1.807, 2.05) is 18.2 Å². The zero-order valence-electron chi connectivity index (χ0n) is 13.8. The van der Waals surface area contributed by atoms with Crippen LogP contribution in [0.15, 0.2) is 36.4 Å². The summed E-state index contributed by atoms with van der Waals surface area (Å²) in [6.45, 7) is 5.25. The second-order valence-corrected chi connectivity index (χ2v) is 7.57. The molecule has 0 spiro atoms. The van der Waals surface area contributed by atoms with Crippen molar-refractivity contribution in [2.75, 3.05) is 40.0 Å². The average molecular weight is 367 g/mol. The largest absolute Gasteiger partial charge is 0.497 e. The van der Waals surface area contributed by atoms with Gasteiger partial charge in [0.25, 0.3) is 0 Å². The molecule has 1 saturated heterocycles. The smallest absolute Gasteiger partial charge is 0.118 e. The second-order valence-electron chi connectivity index (χ2n) is 5.77. The number of hydrogen-bond donors (Lipinski definition) is 1. The first-order chi connectivity index (χ1) is 11.8. The van der Waals surface area contributed by atoms with E-state index in [9.17, 15) is 0 Å². The summed E-state index contributed by atoms with van der Waals surface area (Å²) < 4.78 is 11.6. The predicted molar refractivity (Wildman–Crippen MR) is 99.2 cm³/mol. The lowest BCUT2D eigenvalue weighted by Crippen LogP contribution is -2.42. The molecule has 2 aromatic rings. The topological polar surface area (TPSA) is 33.7 Å². The van der Waals surface area contributed by atoms with Crippen molar-refractivity contribution >= 4 is 22.9 Å². The summed E-state index contributed by atoms with van der Waals surface area (Å²) in [6.07, 6.45) is 0. The summed E-state index contributed by atoms with van der Waals surface area (Å²) in [4.78, 5) is 3.75. The van der Waals surface area contributed by atoms with Gasteiger partial charge in [-0.15, -0.1) is 11.3 Å². The molecule has 0 amide bonds. The second kappa shape index (κ2) is 8.83. The van der Waals surface area contributed by atoms with Crippen LogP contribution >= 0.6 is 22.9 Å². The molecule has 0 bridgehead atoms. The van der Waals surface area contributed by atoms with Crippen LogP contribution in [0, 0.1) is 0 Å². The van der Waals surface area contributed by atoms with Crippen molar-refractivity contribution in [3.63, 3.8) is 0 Å². The molecular formula is C18H23ClN2O2S. The minimum atomic E-state index is 0.329. The van der Waals surface area contributed by atoms with Crippen LogP contribution in [0.25, 0.3) is 0 Å².